The van der Waals surface area contributed by atoms with Crippen molar-refractivity contribution in [2.45, 2.75) is 0 Å². The van der Waals surface area contributed by atoms with Crippen molar-refractivity contribution in [1.82, 2.24) is 9.72 Å². The van der Waals surface area contributed by atoms with E-state index in [-0.39, 0.29) is 4.86 Å². The van der Waals surface area contributed by atoms with Gasteiger partial charge in [-0.1, -0.05) is 0 Å². The quantitative estimate of drug-likeness (QED) is 0.497. The maximum absolute atomic E-state index is 12.1. The Balaban J connectivity index is 3.08. The minimum atomic E-state index is -7.53. The average Bonchev–Trinajstić information content (AvgIpc) is 1.49. The van der Waals surface area contributed by atoms with Crippen LogP contribution in [0, 0.1) is 0 Å². The van der Waals surface area contributed by atoms with E-state index in [0.717, 1.165) is 4.86 Å². The van der Waals surface area contributed by atoms with Crippen LogP contribution in [0.3, 0.4) is 0 Å². The monoisotopic (exact) mass is 251 g/mol. The molecule has 1 heterocycles. The zero-order valence-corrected chi connectivity index (χ0v) is 7.74. The summed E-state index contributed by atoms with van der Waals surface area (Å²) in [7, 11) is -16.2. The van der Waals surface area contributed by atoms with Crippen LogP contribution < -0.4 is 9.72 Å². The summed E-state index contributed by atoms with van der Waals surface area (Å²) in [6.07, 6.45) is 0. The fourth-order valence-corrected chi connectivity index (χ4v) is 5.32. The van der Waals surface area contributed by atoms with Crippen LogP contribution in [0.4, 0.5) is 25.2 Å². The Morgan fingerprint density at radius 2 is 1.50 bits per heavy atom. The first-order valence-corrected chi connectivity index (χ1v) is 6.93. The molecule has 0 spiro atoms. The van der Waals surface area contributed by atoms with Gasteiger partial charge in [-0.15, -0.1) is 0 Å². The van der Waals surface area contributed by atoms with Crippen LogP contribution >= 0.6 is 24.2 Å². The third-order valence-electron chi connectivity index (χ3n) is 0.720. The summed E-state index contributed by atoms with van der Waals surface area (Å²) in [5.74, 6) is 0. The summed E-state index contributed by atoms with van der Waals surface area (Å²) >= 11 is 0. The summed E-state index contributed by atoms with van der Waals surface area (Å²) in [5.41, 5.74) is 0. The second-order valence-corrected chi connectivity index (χ2v) is 7.65. The topological polar surface area (TPSA) is 36.4 Å². The van der Waals surface area contributed by atoms with Gasteiger partial charge in [-0.3, -0.25) is 0 Å². The first-order chi connectivity index (χ1) is 4.95. The molecule has 1 aliphatic rings. The molecule has 0 saturated heterocycles. The van der Waals surface area contributed by atoms with Crippen LogP contribution in [0.2, 0.25) is 0 Å². The van der Waals surface area contributed by atoms with Gasteiger partial charge in [0.1, 0.15) is 0 Å². The van der Waals surface area contributed by atoms with E-state index in [2.05, 4.69) is 0 Å². The van der Waals surface area contributed by atoms with Gasteiger partial charge >= 0.3 is 63.6 Å². The molecule has 0 aromatic carbocycles. The number of nitrogens with zero attached hydrogens (tertiary/aromatic N) is 1. The standard InChI is InChI=1S/F6H2N3P3/c1-11(2,3)7-10-8-12(4,5,6)9-11/h9H,(H,7,8). The van der Waals surface area contributed by atoms with Gasteiger partial charge in [0.15, 0.2) is 0 Å². The predicted octanol–water partition coefficient (Wildman–Crippen LogP) is 4.30. The second-order valence-electron chi connectivity index (χ2n) is 1.97. The van der Waals surface area contributed by atoms with E-state index in [9.17, 15) is 25.2 Å². The van der Waals surface area contributed by atoms with Crippen LogP contribution in [-0.2, 0) is 0 Å². The van der Waals surface area contributed by atoms with Gasteiger partial charge in [-0.25, -0.2) is 0 Å². The Labute approximate surface area is 64.6 Å². The zero-order valence-electron chi connectivity index (χ0n) is 5.06. The number of halogens is 6. The Kier molecular flexibility index (Phi) is 1.84. The first kappa shape index (κ1) is 10.5. The van der Waals surface area contributed by atoms with Gasteiger partial charge in [0.2, 0.25) is 0 Å². The van der Waals surface area contributed by atoms with Crippen LogP contribution in [0.5, 0.6) is 0 Å². The molecule has 12 heavy (non-hydrogen) atoms. The summed E-state index contributed by atoms with van der Waals surface area (Å²) in [6.45, 7) is 0. The number of hydrogen-bond donors (Lipinski definition) is 2. The summed E-state index contributed by atoms with van der Waals surface area (Å²) in [5, 5.41) is 0. The number of hydrogen-bond acceptors (Lipinski definition) is 3. The minimum absolute atomic E-state index is 0.239. The van der Waals surface area contributed by atoms with Crippen LogP contribution in [0.25, 0.3) is 0 Å². The molecular formula is H2F6N3P3. The maximum atomic E-state index is 12.1. The van der Waals surface area contributed by atoms with Crippen molar-refractivity contribution in [3.63, 3.8) is 0 Å². The normalized spacial score (nSPS) is 42.8. The summed E-state index contributed by atoms with van der Waals surface area (Å²) < 4.78 is 74.5. The molecule has 12 heteroatoms. The molecule has 0 unspecified atom stereocenters. The van der Waals surface area contributed by atoms with E-state index < -0.39 is 24.2 Å². The average molecular weight is 251 g/mol. The molecule has 1 aliphatic heterocycles. The first-order valence-electron chi connectivity index (χ1n) is 2.31. The Morgan fingerprint density at radius 3 is 1.75 bits per heavy atom. The van der Waals surface area contributed by atoms with Crippen molar-refractivity contribution in [3.8, 4) is 0 Å². The summed E-state index contributed by atoms with van der Waals surface area (Å²) in [4.78, 5) is 0.514. The second kappa shape index (κ2) is 2.10. The van der Waals surface area contributed by atoms with Crippen molar-refractivity contribution < 1.29 is 25.2 Å². The van der Waals surface area contributed by atoms with Gasteiger partial charge in [-0.05, 0) is 0 Å². The van der Waals surface area contributed by atoms with Crippen molar-refractivity contribution in [3.05, 3.63) is 0 Å². The Bertz CT molecular complexity index is 242. The van der Waals surface area contributed by atoms with Gasteiger partial charge < -0.3 is 0 Å². The molecule has 0 fully saturated rings. The van der Waals surface area contributed by atoms with Gasteiger partial charge in [0.05, 0.1) is 0 Å². The predicted molar refractivity (Wildman–Crippen MR) is 36.1 cm³/mol. The fourth-order valence-electron chi connectivity index (χ4n) is 0.467. The Hall–Kier alpha value is 0.460. The van der Waals surface area contributed by atoms with Crippen molar-refractivity contribution in [2.75, 3.05) is 0 Å². The SMILES string of the molecule is FP1(F)(F)N=PNP(F)(F)(F)N1. The molecule has 3 nitrogen and oxygen atoms in total. The zero-order chi connectivity index (χ0) is 9.72. The molecule has 0 atom stereocenters. The molecule has 0 aromatic rings. The third-order valence-corrected chi connectivity index (χ3v) is 6.48. The molecule has 0 aliphatic carbocycles. The molecule has 1 rings (SSSR count). The summed E-state index contributed by atoms with van der Waals surface area (Å²) in [6, 6.07) is 0. The van der Waals surface area contributed by atoms with Crippen LogP contribution in [0.15, 0.2) is 4.52 Å². The van der Waals surface area contributed by atoms with E-state index in [1.54, 1.807) is 0 Å². The van der Waals surface area contributed by atoms with Gasteiger partial charge in [0.25, 0.3) is 0 Å². The van der Waals surface area contributed by atoms with Gasteiger partial charge in [-0.2, -0.15) is 0 Å². The molecule has 0 bridgehead atoms. The molecule has 0 amide bonds. The number of nitrogens with one attached hydrogen (secondary N) is 2. The van der Waals surface area contributed by atoms with Crippen molar-refractivity contribution in [2.24, 2.45) is 4.52 Å². The molecule has 0 radical (unpaired) electrons. The molecule has 0 aromatic heterocycles. The van der Waals surface area contributed by atoms with E-state index in [0.29, 0.717) is 0 Å². The van der Waals surface area contributed by atoms with Crippen molar-refractivity contribution >= 4 is 24.2 Å². The molecule has 74 valence electrons. The van der Waals surface area contributed by atoms with E-state index in [1.165, 1.54) is 0 Å². The molecule has 2 N–H and O–H groups in total. The van der Waals surface area contributed by atoms with E-state index in [4.69, 9.17) is 0 Å². The van der Waals surface area contributed by atoms with Crippen LogP contribution in [-0.4, -0.2) is 0 Å². The van der Waals surface area contributed by atoms with E-state index in [1.807, 2.05) is 4.52 Å². The third kappa shape index (κ3) is 2.75. The van der Waals surface area contributed by atoms with Crippen molar-refractivity contribution in [1.29, 1.82) is 0 Å². The molecule has 0 saturated carbocycles. The van der Waals surface area contributed by atoms with Crippen LogP contribution in [0.1, 0.15) is 0 Å². The Morgan fingerprint density at radius 1 is 1.00 bits per heavy atom. The molecular weight excluding hydrogens is 249 g/mol. The number of rotatable bonds is 0. The fraction of sp³-hybridized carbons (Fsp3) is 0. The van der Waals surface area contributed by atoms with E-state index >= 15 is 0 Å². The van der Waals surface area contributed by atoms with Gasteiger partial charge in [0, 0.05) is 0 Å².